The molecule has 7 heteroatoms. The second-order valence-corrected chi connectivity index (χ2v) is 5.75. The van der Waals surface area contributed by atoms with Crippen LogP contribution >= 0.6 is 24.0 Å². The van der Waals surface area contributed by atoms with E-state index in [0.29, 0.717) is 12.5 Å². The molecule has 6 nitrogen and oxygen atoms in total. The van der Waals surface area contributed by atoms with Crippen LogP contribution in [0.3, 0.4) is 0 Å². The number of nitrogens with two attached hydrogens (primary N) is 1. The van der Waals surface area contributed by atoms with Crippen molar-refractivity contribution in [3.8, 4) is 5.82 Å². The summed E-state index contributed by atoms with van der Waals surface area (Å²) in [6, 6.07) is 12.1. The summed E-state index contributed by atoms with van der Waals surface area (Å²) in [4.78, 5) is 13.0. The van der Waals surface area contributed by atoms with Gasteiger partial charge in [0.1, 0.15) is 11.6 Å². The molecule has 26 heavy (non-hydrogen) atoms. The van der Waals surface area contributed by atoms with Gasteiger partial charge in [-0.3, -0.25) is 4.57 Å². The lowest BCUT2D eigenvalue weighted by Crippen LogP contribution is -2.22. The average Bonchev–Trinajstić information content (AvgIpc) is 3.07. The first-order chi connectivity index (χ1) is 12.2. The number of benzene rings is 1. The lowest BCUT2D eigenvalue weighted by Gasteiger charge is -2.07. The fourth-order valence-electron chi connectivity index (χ4n) is 2.46. The third-order valence-corrected chi connectivity index (χ3v) is 3.95. The zero-order chi connectivity index (χ0) is 17.6. The summed E-state index contributed by atoms with van der Waals surface area (Å²) in [5.41, 5.74) is 9.18. The number of hydrogen-bond acceptors (Lipinski definition) is 3. The minimum absolute atomic E-state index is 0. The van der Waals surface area contributed by atoms with Gasteiger partial charge in [-0.05, 0) is 42.7 Å². The number of aliphatic imine (C=N–C) groups is 1. The van der Waals surface area contributed by atoms with Gasteiger partial charge in [0.25, 0.3) is 0 Å². The van der Waals surface area contributed by atoms with Crippen LogP contribution in [0.5, 0.6) is 0 Å². The van der Waals surface area contributed by atoms with Gasteiger partial charge in [-0.15, -0.1) is 24.0 Å². The van der Waals surface area contributed by atoms with Crippen molar-refractivity contribution in [2.75, 3.05) is 5.32 Å². The fraction of sp³-hybridized carbons (Fsp3) is 0.211. The molecule has 0 spiro atoms. The van der Waals surface area contributed by atoms with E-state index in [4.69, 9.17) is 5.73 Å². The molecule has 0 aliphatic heterocycles. The van der Waals surface area contributed by atoms with E-state index in [1.165, 1.54) is 5.56 Å². The number of nitrogens with one attached hydrogen (secondary N) is 1. The van der Waals surface area contributed by atoms with E-state index in [9.17, 15) is 0 Å². The molecule has 0 atom stereocenters. The highest BCUT2D eigenvalue weighted by atomic mass is 127. The summed E-state index contributed by atoms with van der Waals surface area (Å²) in [5, 5.41) is 3.10. The summed E-state index contributed by atoms with van der Waals surface area (Å²) in [6.45, 7) is 4.55. The molecule has 1 aromatic carbocycles. The summed E-state index contributed by atoms with van der Waals surface area (Å²) in [7, 11) is 0. The second-order valence-electron chi connectivity index (χ2n) is 5.75. The van der Waals surface area contributed by atoms with Crippen LogP contribution in [0, 0.1) is 6.92 Å². The normalized spacial score (nSPS) is 11.1. The highest BCUT2D eigenvalue weighted by molar-refractivity contribution is 14.0. The van der Waals surface area contributed by atoms with Gasteiger partial charge in [-0.25, -0.2) is 15.0 Å². The number of imidazole rings is 1. The number of guanidine groups is 1. The Morgan fingerprint density at radius 1 is 1.12 bits per heavy atom. The SMILES string of the molecule is CCc1ccc(NC(N)=NCc2ccc(-n3ccnc3C)nc2)cc1.I. The minimum Gasteiger partial charge on any atom is -0.370 e. The Morgan fingerprint density at radius 3 is 2.42 bits per heavy atom. The molecule has 0 amide bonds. The summed E-state index contributed by atoms with van der Waals surface area (Å²) >= 11 is 0. The van der Waals surface area contributed by atoms with E-state index in [-0.39, 0.29) is 24.0 Å². The van der Waals surface area contributed by atoms with Crippen molar-refractivity contribution < 1.29 is 0 Å². The molecule has 2 aromatic heterocycles. The Hall–Kier alpha value is -2.42. The molecule has 0 aliphatic carbocycles. The minimum atomic E-state index is 0. The molecule has 0 bridgehead atoms. The summed E-state index contributed by atoms with van der Waals surface area (Å²) in [5.74, 6) is 2.13. The Labute approximate surface area is 170 Å². The number of aryl methyl sites for hydroxylation is 2. The first kappa shape index (κ1) is 19.9. The third-order valence-electron chi connectivity index (χ3n) is 3.95. The quantitative estimate of drug-likeness (QED) is 0.345. The fourth-order valence-corrected chi connectivity index (χ4v) is 2.46. The molecule has 0 radical (unpaired) electrons. The predicted molar refractivity (Wildman–Crippen MR) is 116 cm³/mol. The zero-order valence-electron chi connectivity index (χ0n) is 14.9. The van der Waals surface area contributed by atoms with Crippen molar-refractivity contribution in [2.45, 2.75) is 26.8 Å². The predicted octanol–water partition coefficient (Wildman–Crippen LogP) is 3.68. The van der Waals surface area contributed by atoms with Crippen LogP contribution in [0.1, 0.15) is 23.9 Å². The van der Waals surface area contributed by atoms with E-state index in [1.807, 2.05) is 48.1 Å². The Kier molecular flexibility index (Phi) is 7.14. The summed E-state index contributed by atoms with van der Waals surface area (Å²) in [6.07, 6.45) is 6.48. The van der Waals surface area contributed by atoms with Crippen molar-refractivity contribution in [3.63, 3.8) is 0 Å². The van der Waals surface area contributed by atoms with E-state index in [1.54, 1.807) is 6.20 Å². The van der Waals surface area contributed by atoms with Gasteiger partial charge in [0.15, 0.2) is 5.96 Å². The van der Waals surface area contributed by atoms with Gasteiger partial charge >= 0.3 is 0 Å². The second kappa shape index (κ2) is 9.33. The first-order valence-electron chi connectivity index (χ1n) is 8.27. The van der Waals surface area contributed by atoms with Gasteiger partial charge in [0.05, 0.1) is 6.54 Å². The van der Waals surface area contributed by atoms with Crippen LogP contribution in [-0.4, -0.2) is 20.5 Å². The monoisotopic (exact) mass is 462 g/mol. The highest BCUT2D eigenvalue weighted by Crippen LogP contribution is 2.11. The topological polar surface area (TPSA) is 81.1 Å². The number of rotatable bonds is 5. The number of aromatic nitrogens is 3. The molecule has 136 valence electrons. The van der Waals surface area contributed by atoms with Crippen LogP contribution in [0.25, 0.3) is 5.82 Å². The largest absolute Gasteiger partial charge is 0.370 e. The molecule has 3 aromatic rings. The van der Waals surface area contributed by atoms with Gasteiger partial charge in [-0.2, -0.15) is 0 Å². The third kappa shape index (κ3) is 5.04. The van der Waals surface area contributed by atoms with Gasteiger partial charge in [0, 0.05) is 24.3 Å². The number of anilines is 1. The van der Waals surface area contributed by atoms with Crippen molar-refractivity contribution >= 4 is 35.6 Å². The van der Waals surface area contributed by atoms with Gasteiger partial charge in [-0.1, -0.05) is 25.1 Å². The molecule has 3 rings (SSSR count). The van der Waals surface area contributed by atoms with Crippen LogP contribution in [0.15, 0.2) is 60.0 Å². The van der Waals surface area contributed by atoms with Crippen LogP contribution in [0.4, 0.5) is 5.69 Å². The zero-order valence-corrected chi connectivity index (χ0v) is 17.2. The van der Waals surface area contributed by atoms with Crippen molar-refractivity contribution in [2.24, 2.45) is 10.7 Å². The lowest BCUT2D eigenvalue weighted by molar-refractivity contribution is 0.922. The maximum Gasteiger partial charge on any atom is 0.193 e. The van der Waals surface area contributed by atoms with Crippen molar-refractivity contribution in [3.05, 3.63) is 71.9 Å². The molecule has 0 aliphatic rings. The lowest BCUT2D eigenvalue weighted by atomic mass is 10.1. The van der Waals surface area contributed by atoms with E-state index < -0.39 is 0 Å². The standard InChI is InChI=1S/C19H22N6.HI/c1-3-15-4-7-17(8-5-15)24-19(20)23-13-16-6-9-18(22-12-16)25-11-10-21-14(25)2;/h4-12H,3,13H2,1-2H3,(H3,20,23,24);1H. The van der Waals surface area contributed by atoms with Gasteiger partial charge in [0.2, 0.25) is 0 Å². The maximum absolute atomic E-state index is 5.96. The molecule has 0 fully saturated rings. The number of pyridine rings is 1. The first-order valence-corrected chi connectivity index (χ1v) is 8.27. The number of hydrogen-bond donors (Lipinski definition) is 2. The smallest absolute Gasteiger partial charge is 0.193 e. The molecular weight excluding hydrogens is 439 g/mol. The Morgan fingerprint density at radius 2 is 1.85 bits per heavy atom. The van der Waals surface area contributed by atoms with Crippen LogP contribution in [-0.2, 0) is 13.0 Å². The van der Waals surface area contributed by atoms with Crippen LogP contribution in [0.2, 0.25) is 0 Å². The van der Waals surface area contributed by atoms with Gasteiger partial charge < -0.3 is 11.1 Å². The van der Waals surface area contributed by atoms with Crippen LogP contribution < -0.4 is 11.1 Å². The van der Waals surface area contributed by atoms with E-state index >= 15 is 0 Å². The van der Waals surface area contributed by atoms with E-state index in [2.05, 4.69) is 39.3 Å². The Bertz CT molecular complexity index is 852. The Balaban J connectivity index is 0.00000243. The molecular formula is C19H23IN6. The molecule has 0 saturated carbocycles. The molecule has 3 N–H and O–H groups in total. The molecule has 0 unspecified atom stereocenters. The molecule has 2 heterocycles. The highest BCUT2D eigenvalue weighted by Gasteiger charge is 2.02. The van der Waals surface area contributed by atoms with E-state index in [0.717, 1.165) is 29.3 Å². The number of halogens is 1. The number of nitrogens with zero attached hydrogens (tertiary/aromatic N) is 4. The maximum atomic E-state index is 5.96. The average molecular weight is 462 g/mol. The van der Waals surface area contributed by atoms with Crippen molar-refractivity contribution in [1.29, 1.82) is 0 Å². The molecule has 0 saturated heterocycles. The van der Waals surface area contributed by atoms with Crippen molar-refractivity contribution in [1.82, 2.24) is 14.5 Å². The summed E-state index contributed by atoms with van der Waals surface area (Å²) < 4.78 is 1.93.